The molecule has 0 N–H and O–H groups in total. The lowest BCUT2D eigenvalue weighted by Crippen LogP contribution is -2.41. The molecule has 2 fully saturated rings. The lowest BCUT2D eigenvalue weighted by atomic mass is 9.79. The van der Waals surface area contributed by atoms with Crippen molar-refractivity contribution < 1.29 is 43.2 Å². The zero-order chi connectivity index (χ0) is 23.2. The van der Waals surface area contributed by atoms with Gasteiger partial charge in [-0.05, 0) is 65.2 Å². The van der Waals surface area contributed by atoms with E-state index in [1.165, 1.54) is 0 Å². The summed E-state index contributed by atoms with van der Waals surface area (Å²) in [5.41, 5.74) is -3.11. The fourth-order valence-corrected chi connectivity index (χ4v) is 4.98. The van der Waals surface area contributed by atoms with Crippen LogP contribution in [0.2, 0.25) is 0 Å². The molecule has 2 aliphatic rings. The van der Waals surface area contributed by atoms with Crippen molar-refractivity contribution in [2.45, 2.75) is 65.9 Å². The van der Waals surface area contributed by atoms with Gasteiger partial charge in [-0.3, -0.25) is 19.2 Å². The van der Waals surface area contributed by atoms with Crippen LogP contribution in [0.3, 0.4) is 0 Å². The van der Waals surface area contributed by atoms with Crippen molar-refractivity contribution in [3.05, 3.63) is 0 Å². The molecule has 0 saturated heterocycles. The van der Waals surface area contributed by atoms with Gasteiger partial charge < -0.3 is 18.9 Å². The van der Waals surface area contributed by atoms with E-state index in [-0.39, 0.29) is 58.0 Å². The van der Waals surface area contributed by atoms with Crippen LogP contribution in [0.5, 0.6) is 0 Å². The summed E-state index contributed by atoms with van der Waals surface area (Å²) in [6.45, 7) is 6.95. The molecule has 0 aliphatic heterocycles. The van der Waals surface area contributed by atoms with E-state index in [0.717, 1.165) is 0 Å². The van der Waals surface area contributed by atoms with Gasteiger partial charge in [-0.25, -0.2) is 5.11 Å². The summed E-state index contributed by atoms with van der Waals surface area (Å²) in [7, 11) is 0. The molecule has 1 radical (unpaired) electrons. The van der Waals surface area contributed by atoms with E-state index in [9.17, 15) is 24.3 Å². The standard InChI is InChI=1S/C22H33O9/c1-5-28-17(24)21(18(25)29-6-2)10-9-14(11-21)15-12-22(13-16(15)23,19(26)30-7-3)20(27)31-8-4/h14-16H,5-13H2,1-4H3. The Morgan fingerprint density at radius 3 is 1.52 bits per heavy atom. The van der Waals surface area contributed by atoms with Crippen molar-refractivity contribution in [1.82, 2.24) is 0 Å². The van der Waals surface area contributed by atoms with E-state index < -0.39 is 46.7 Å². The van der Waals surface area contributed by atoms with E-state index in [0.29, 0.717) is 6.42 Å². The maximum absolute atomic E-state index is 13.0. The highest BCUT2D eigenvalue weighted by atomic mass is 16.6. The number of hydrogen-bond acceptors (Lipinski definition) is 8. The van der Waals surface area contributed by atoms with Crippen LogP contribution >= 0.6 is 0 Å². The molecule has 3 atom stereocenters. The molecule has 2 saturated carbocycles. The van der Waals surface area contributed by atoms with Gasteiger partial charge in [0.25, 0.3) is 0 Å². The van der Waals surface area contributed by atoms with Crippen molar-refractivity contribution in [3.8, 4) is 0 Å². The molecule has 0 aromatic heterocycles. The molecule has 0 amide bonds. The number of rotatable bonds is 9. The highest BCUT2D eigenvalue weighted by Gasteiger charge is 2.62. The Morgan fingerprint density at radius 2 is 1.10 bits per heavy atom. The van der Waals surface area contributed by atoms with E-state index in [1.807, 2.05) is 0 Å². The van der Waals surface area contributed by atoms with Gasteiger partial charge in [0, 0.05) is 6.42 Å². The Labute approximate surface area is 182 Å². The Balaban J connectivity index is 2.30. The highest BCUT2D eigenvalue weighted by Crippen LogP contribution is 2.54. The fourth-order valence-electron chi connectivity index (χ4n) is 4.98. The zero-order valence-corrected chi connectivity index (χ0v) is 18.8. The third kappa shape index (κ3) is 4.71. The predicted molar refractivity (Wildman–Crippen MR) is 106 cm³/mol. The third-order valence-corrected chi connectivity index (χ3v) is 6.43. The lowest BCUT2D eigenvalue weighted by molar-refractivity contribution is -0.174. The summed E-state index contributed by atoms with van der Waals surface area (Å²) in [4.78, 5) is 50.8. The van der Waals surface area contributed by atoms with Crippen LogP contribution in [0.15, 0.2) is 0 Å². The molecule has 0 aromatic rings. The highest BCUT2D eigenvalue weighted by molar-refractivity contribution is 6.01. The summed E-state index contributed by atoms with van der Waals surface area (Å²) < 4.78 is 20.5. The largest absolute Gasteiger partial charge is 0.465 e. The summed E-state index contributed by atoms with van der Waals surface area (Å²) in [6, 6.07) is 0. The van der Waals surface area contributed by atoms with Gasteiger partial charge in [-0.1, -0.05) is 0 Å². The molecule has 2 rings (SSSR count). The molecular formula is C22H33O9. The van der Waals surface area contributed by atoms with Crippen LogP contribution in [-0.4, -0.2) is 56.4 Å². The molecule has 0 spiro atoms. The molecular weight excluding hydrogens is 408 g/mol. The molecule has 2 aliphatic carbocycles. The van der Waals surface area contributed by atoms with E-state index in [2.05, 4.69) is 0 Å². The van der Waals surface area contributed by atoms with Crippen LogP contribution in [0.25, 0.3) is 0 Å². The van der Waals surface area contributed by atoms with Crippen molar-refractivity contribution in [1.29, 1.82) is 0 Å². The average molecular weight is 441 g/mol. The van der Waals surface area contributed by atoms with Gasteiger partial charge in [0.15, 0.2) is 10.8 Å². The van der Waals surface area contributed by atoms with Crippen LogP contribution in [0, 0.1) is 22.7 Å². The summed E-state index contributed by atoms with van der Waals surface area (Å²) in [6.07, 6.45) is -0.759. The first-order chi connectivity index (χ1) is 14.7. The van der Waals surface area contributed by atoms with Gasteiger partial charge in [-0.2, -0.15) is 0 Å². The van der Waals surface area contributed by atoms with Crippen molar-refractivity contribution in [2.75, 3.05) is 26.4 Å². The number of carbonyl (C=O) groups excluding carboxylic acids is 4. The Kier molecular flexibility index (Phi) is 8.45. The number of hydrogen-bond donors (Lipinski definition) is 0. The molecule has 0 bridgehead atoms. The molecule has 0 heterocycles. The van der Waals surface area contributed by atoms with E-state index >= 15 is 0 Å². The van der Waals surface area contributed by atoms with Crippen LogP contribution < -0.4 is 0 Å². The van der Waals surface area contributed by atoms with Gasteiger partial charge in [0.1, 0.15) is 0 Å². The van der Waals surface area contributed by atoms with E-state index in [1.54, 1.807) is 27.7 Å². The lowest BCUT2D eigenvalue weighted by Gasteiger charge is -2.27. The van der Waals surface area contributed by atoms with Crippen LogP contribution in [0.4, 0.5) is 0 Å². The third-order valence-electron chi connectivity index (χ3n) is 6.43. The Morgan fingerprint density at radius 1 is 0.677 bits per heavy atom. The second-order valence-corrected chi connectivity index (χ2v) is 8.16. The summed E-state index contributed by atoms with van der Waals surface area (Å²) in [5.74, 6) is -3.73. The average Bonchev–Trinajstić information content (AvgIpc) is 3.32. The quantitative estimate of drug-likeness (QED) is 0.303. The predicted octanol–water partition coefficient (Wildman–Crippen LogP) is 2.22. The Hall–Kier alpha value is -2.16. The number of esters is 4. The molecule has 175 valence electrons. The fraction of sp³-hybridized carbons (Fsp3) is 0.818. The second kappa shape index (κ2) is 10.4. The first-order valence-electron chi connectivity index (χ1n) is 11.1. The Bertz CT molecular complexity index is 650. The monoisotopic (exact) mass is 441 g/mol. The first kappa shape index (κ1) is 25.1. The summed E-state index contributed by atoms with van der Waals surface area (Å²) >= 11 is 0. The minimum absolute atomic E-state index is 0.0226. The van der Waals surface area contributed by atoms with Gasteiger partial charge >= 0.3 is 23.9 Å². The van der Waals surface area contributed by atoms with Gasteiger partial charge in [-0.15, -0.1) is 0 Å². The number of ether oxygens (including phenoxy) is 4. The number of carbonyl (C=O) groups is 4. The van der Waals surface area contributed by atoms with Crippen LogP contribution in [-0.2, 0) is 43.2 Å². The zero-order valence-electron chi connectivity index (χ0n) is 18.8. The van der Waals surface area contributed by atoms with Gasteiger partial charge in [0.2, 0.25) is 0 Å². The van der Waals surface area contributed by atoms with Gasteiger partial charge in [0.05, 0.1) is 32.5 Å². The first-order valence-corrected chi connectivity index (χ1v) is 11.1. The maximum atomic E-state index is 13.0. The van der Waals surface area contributed by atoms with Crippen molar-refractivity contribution in [2.24, 2.45) is 22.7 Å². The normalized spacial score (nSPS) is 26.2. The minimum Gasteiger partial charge on any atom is -0.465 e. The maximum Gasteiger partial charge on any atom is 0.323 e. The smallest absolute Gasteiger partial charge is 0.323 e. The molecule has 3 unspecified atom stereocenters. The SMILES string of the molecule is CCOC(=O)C1(C(=O)OCC)CCC(C2CC(C(=O)OCC)(C(=O)OCC)CC2[O])C1. The molecule has 9 heteroatoms. The molecule has 31 heavy (non-hydrogen) atoms. The molecule has 9 nitrogen and oxygen atoms in total. The van der Waals surface area contributed by atoms with Crippen LogP contribution in [0.1, 0.15) is 59.8 Å². The minimum atomic E-state index is -1.65. The van der Waals surface area contributed by atoms with Crippen molar-refractivity contribution >= 4 is 23.9 Å². The topological polar surface area (TPSA) is 125 Å². The van der Waals surface area contributed by atoms with E-state index in [4.69, 9.17) is 18.9 Å². The second-order valence-electron chi connectivity index (χ2n) is 8.16. The van der Waals surface area contributed by atoms with Crippen molar-refractivity contribution in [3.63, 3.8) is 0 Å². The molecule has 0 aromatic carbocycles. The summed E-state index contributed by atoms with van der Waals surface area (Å²) in [5, 5.41) is 13.0.